The molecule has 3 heterocycles. The van der Waals surface area contributed by atoms with Crippen LogP contribution in [-0.4, -0.2) is 17.3 Å². The summed E-state index contributed by atoms with van der Waals surface area (Å²) >= 11 is 5.10. The monoisotopic (exact) mass is 288 g/mol. The molecule has 0 aromatic carbocycles. The van der Waals surface area contributed by atoms with Gasteiger partial charge in [-0.2, -0.15) is 0 Å². The van der Waals surface area contributed by atoms with Gasteiger partial charge >= 0.3 is 0 Å². The van der Waals surface area contributed by atoms with E-state index in [4.69, 9.17) is 4.74 Å². The molecule has 0 saturated carbocycles. The van der Waals surface area contributed by atoms with Crippen LogP contribution in [0.15, 0.2) is 15.9 Å². The van der Waals surface area contributed by atoms with Crippen molar-refractivity contribution in [2.45, 2.75) is 37.6 Å². The van der Waals surface area contributed by atoms with E-state index in [1.54, 1.807) is 11.3 Å². The van der Waals surface area contributed by atoms with Crippen molar-refractivity contribution < 1.29 is 9.84 Å². The fourth-order valence-corrected chi connectivity index (χ4v) is 4.39. The first-order valence-corrected chi connectivity index (χ1v) is 6.99. The summed E-state index contributed by atoms with van der Waals surface area (Å²) in [7, 11) is 0. The molecule has 2 bridgehead atoms. The van der Waals surface area contributed by atoms with Crippen LogP contribution in [-0.2, 0) is 4.74 Å². The molecule has 4 unspecified atom stereocenters. The maximum absolute atomic E-state index is 10.3. The minimum absolute atomic E-state index is 0.291. The van der Waals surface area contributed by atoms with Gasteiger partial charge < -0.3 is 9.84 Å². The van der Waals surface area contributed by atoms with Crippen LogP contribution in [0, 0.1) is 5.92 Å². The number of fused-ring (bicyclic) bond motifs is 2. The molecule has 0 amide bonds. The summed E-state index contributed by atoms with van der Waals surface area (Å²) in [4.78, 5) is 1.05. The average molecular weight is 289 g/mol. The van der Waals surface area contributed by atoms with Crippen LogP contribution >= 0.6 is 27.3 Å². The number of hydrogen-bond donors (Lipinski definition) is 1. The lowest BCUT2D eigenvalue weighted by molar-refractivity contribution is 0.0436. The summed E-state index contributed by atoms with van der Waals surface area (Å²) < 4.78 is 6.80. The van der Waals surface area contributed by atoms with Crippen molar-refractivity contribution in [3.8, 4) is 0 Å². The molecule has 4 heteroatoms. The third-order valence-corrected chi connectivity index (χ3v) is 5.41. The highest BCUT2D eigenvalue weighted by molar-refractivity contribution is 9.10. The first kappa shape index (κ1) is 10.3. The van der Waals surface area contributed by atoms with E-state index in [-0.39, 0.29) is 6.10 Å². The Kier molecular flexibility index (Phi) is 2.63. The third-order valence-electron chi connectivity index (χ3n) is 3.47. The highest BCUT2D eigenvalue weighted by Gasteiger charge is 2.44. The highest BCUT2D eigenvalue weighted by Crippen LogP contribution is 2.46. The standard InChI is InChI=1S/C11H13BrO2S/c12-8-3-4-15-11(8)10(13)7-5-6-1-2-9(7)14-6/h3-4,6-7,9-10,13H,1-2,5H2. The van der Waals surface area contributed by atoms with Crippen LogP contribution in [0.4, 0.5) is 0 Å². The molecule has 1 aromatic rings. The molecule has 2 fully saturated rings. The smallest absolute Gasteiger partial charge is 0.0947 e. The zero-order valence-electron chi connectivity index (χ0n) is 8.23. The Hall–Kier alpha value is 0.1000. The normalized spacial score (nSPS) is 36.0. The second kappa shape index (κ2) is 3.84. The van der Waals surface area contributed by atoms with Gasteiger partial charge in [0, 0.05) is 15.3 Å². The molecule has 82 valence electrons. The van der Waals surface area contributed by atoms with Crippen molar-refractivity contribution >= 4 is 27.3 Å². The molecule has 2 aliphatic rings. The predicted octanol–water partition coefficient (Wildman–Crippen LogP) is 3.11. The Morgan fingerprint density at radius 2 is 2.40 bits per heavy atom. The number of hydrogen-bond acceptors (Lipinski definition) is 3. The lowest BCUT2D eigenvalue weighted by Gasteiger charge is -2.23. The maximum Gasteiger partial charge on any atom is 0.0947 e. The van der Waals surface area contributed by atoms with E-state index in [2.05, 4.69) is 15.9 Å². The Labute approximate surface area is 101 Å². The quantitative estimate of drug-likeness (QED) is 0.906. The van der Waals surface area contributed by atoms with E-state index in [1.807, 2.05) is 11.4 Å². The third kappa shape index (κ3) is 1.68. The van der Waals surface area contributed by atoms with Crippen molar-refractivity contribution in [2.75, 3.05) is 0 Å². The minimum Gasteiger partial charge on any atom is -0.387 e. The lowest BCUT2D eigenvalue weighted by atomic mass is 9.85. The molecule has 2 aliphatic heterocycles. The van der Waals surface area contributed by atoms with E-state index in [0.29, 0.717) is 18.1 Å². The average Bonchev–Trinajstić information content (AvgIpc) is 2.91. The SMILES string of the molecule is OC(c1sccc1Br)C1CC2CCC1O2. The van der Waals surface area contributed by atoms with Crippen LogP contribution in [0.2, 0.25) is 0 Å². The topological polar surface area (TPSA) is 29.5 Å². The van der Waals surface area contributed by atoms with E-state index >= 15 is 0 Å². The highest BCUT2D eigenvalue weighted by atomic mass is 79.9. The molecule has 15 heavy (non-hydrogen) atoms. The summed E-state index contributed by atoms with van der Waals surface area (Å²) in [5.74, 6) is 0.304. The Morgan fingerprint density at radius 3 is 2.93 bits per heavy atom. The molecule has 4 atom stereocenters. The number of aliphatic hydroxyl groups excluding tert-OH is 1. The van der Waals surface area contributed by atoms with Gasteiger partial charge in [0.15, 0.2) is 0 Å². The van der Waals surface area contributed by atoms with Crippen LogP contribution < -0.4 is 0 Å². The van der Waals surface area contributed by atoms with Crippen LogP contribution in [0.3, 0.4) is 0 Å². The zero-order chi connectivity index (χ0) is 10.4. The molecule has 2 nitrogen and oxygen atoms in total. The molecule has 0 aliphatic carbocycles. The molecular weight excluding hydrogens is 276 g/mol. The Morgan fingerprint density at radius 1 is 1.53 bits per heavy atom. The minimum atomic E-state index is -0.352. The van der Waals surface area contributed by atoms with Crippen molar-refractivity contribution in [3.05, 3.63) is 20.8 Å². The van der Waals surface area contributed by atoms with E-state index < -0.39 is 0 Å². The van der Waals surface area contributed by atoms with Gasteiger partial charge in [-0.15, -0.1) is 11.3 Å². The number of thiophene rings is 1. The van der Waals surface area contributed by atoms with E-state index in [0.717, 1.165) is 22.2 Å². The predicted molar refractivity (Wildman–Crippen MR) is 63.0 cm³/mol. The zero-order valence-corrected chi connectivity index (χ0v) is 10.6. The van der Waals surface area contributed by atoms with Crippen molar-refractivity contribution in [3.63, 3.8) is 0 Å². The second-order valence-electron chi connectivity index (χ2n) is 4.35. The van der Waals surface area contributed by atoms with Gasteiger partial charge in [-0.05, 0) is 46.6 Å². The lowest BCUT2D eigenvalue weighted by Crippen LogP contribution is -2.23. The van der Waals surface area contributed by atoms with Gasteiger partial charge in [0.2, 0.25) is 0 Å². The van der Waals surface area contributed by atoms with Crippen LogP contribution in [0.25, 0.3) is 0 Å². The molecule has 0 radical (unpaired) electrons. The summed E-state index contributed by atoms with van der Waals surface area (Å²) in [6, 6.07) is 2.00. The van der Waals surface area contributed by atoms with Crippen LogP contribution in [0.5, 0.6) is 0 Å². The number of rotatable bonds is 2. The largest absolute Gasteiger partial charge is 0.387 e. The number of halogens is 1. The Balaban J connectivity index is 1.81. The molecule has 1 N–H and O–H groups in total. The Bertz CT molecular complexity index is 365. The van der Waals surface area contributed by atoms with Crippen LogP contribution in [0.1, 0.15) is 30.2 Å². The second-order valence-corrected chi connectivity index (χ2v) is 6.15. The van der Waals surface area contributed by atoms with Crippen molar-refractivity contribution in [2.24, 2.45) is 5.92 Å². The first-order chi connectivity index (χ1) is 7.25. The molecule has 2 saturated heterocycles. The maximum atomic E-state index is 10.3. The van der Waals surface area contributed by atoms with Gasteiger partial charge in [0.05, 0.1) is 18.3 Å². The summed E-state index contributed by atoms with van der Waals surface area (Å²) in [5, 5.41) is 12.3. The van der Waals surface area contributed by atoms with Gasteiger partial charge in [0.1, 0.15) is 0 Å². The summed E-state index contributed by atoms with van der Waals surface area (Å²) in [6.45, 7) is 0. The number of ether oxygens (including phenoxy) is 1. The van der Waals surface area contributed by atoms with Gasteiger partial charge in [-0.25, -0.2) is 0 Å². The first-order valence-electron chi connectivity index (χ1n) is 5.32. The van der Waals surface area contributed by atoms with Gasteiger partial charge in [-0.3, -0.25) is 0 Å². The summed E-state index contributed by atoms with van der Waals surface area (Å²) in [6.07, 6.45) is 3.67. The molecule has 3 rings (SSSR count). The van der Waals surface area contributed by atoms with Crippen molar-refractivity contribution in [1.29, 1.82) is 0 Å². The number of aliphatic hydroxyl groups is 1. The van der Waals surface area contributed by atoms with E-state index in [1.165, 1.54) is 6.42 Å². The molecule has 0 spiro atoms. The fourth-order valence-electron chi connectivity index (χ4n) is 2.72. The van der Waals surface area contributed by atoms with Gasteiger partial charge in [-0.1, -0.05) is 0 Å². The van der Waals surface area contributed by atoms with Gasteiger partial charge in [0.25, 0.3) is 0 Å². The molecule has 1 aromatic heterocycles. The molecular formula is C11H13BrO2S. The summed E-state index contributed by atoms with van der Waals surface area (Å²) in [5.41, 5.74) is 0. The fraction of sp³-hybridized carbons (Fsp3) is 0.636. The van der Waals surface area contributed by atoms with E-state index in [9.17, 15) is 5.11 Å². The van der Waals surface area contributed by atoms with Crippen molar-refractivity contribution in [1.82, 2.24) is 0 Å².